The number of benzene rings is 1. The summed E-state index contributed by atoms with van der Waals surface area (Å²) in [6.07, 6.45) is 1.11. The molecule has 178 valence electrons. The molecule has 1 aliphatic heterocycles. The molecule has 0 aliphatic carbocycles. The Kier molecular flexibility index (Phi) is 5.99. The van der Waals surface area contributed by atoms with Gasteiger partial charge in [-0.2, -0.15) is 18.2 Å². The molecule has 1 saturated heterocycles. The summed E-state index contributed by atoms with van der Waals surface area (Å²) in [5, 5.41) is 8.31. The molecule has 0 spiro atoms. The molecule has 1 aliphatic rings. The lowest BCUT2D eigenvalue weighted by Gasteiger charge is -2.33. The number of anilines is 1. The lowest BCUT2D eigenvalue weighted by Crippen LogP contribution is -2.37. The third kappa shape index (κ3) is 4.63. The number of fused-ring (bicyclic) bond motifs is 1. The van der Waals surface area contributed by atoms with Crippen LogP contribution in [-0.4, -0.2) is 39.3 Å². The van der Waals surface area contributed by atoms with Crippen LogP contribution in [0.1, 0.15) is 24.3 Å². The first-order valence-corrected chi connectivity index (χ1v) is 11.2. The molecule has 4 heterocycles. The molecule has 1 fully saturated rings. The number of aryl methyl sites for hydroxylation is 1. The summed E-state index contributed by atoms with van der Waals surface area (Å²) in [5.74, 6) is -0.0962. The normalized spacial score (nSPS) is 15.4. The summed E-state index contributed by atoms with van der Waals surface area (Å²) in [5.41, 5.74) is 2.94. The Labute approximate surface area is 194 Å². The molecule has 1 N–H and O–H groups in total. The number of hydrogen-bond acceptors (Lipinski definition) is 6. The zero-order chi connectivity index (χ0) is 23.7. The van der Waals surface area contributed by atoms with Crippen molar-refractivity contribution in [1.29, 1.82) is 0 Å². The van der Waals surface area contributed by atoms with Crippen LogP contribution in [0, 0.1) is 5.92 Å². The lowest BCUT2D eigenvalue weighted by atomic mass is 9.96. The van der Waals surface area contributed by atoms with Crippen LogP contribution < -0.4 is 10.2 Å². The predicted octanol–water partition coefficient (Wildman–Crippen LogP) is 4.65. The highest BCUT2D eigenvalue weighted by atomic mass is 19.4. The molecule has 34 heavy (non-hydrogen) atoms. The molecule has 1 aromatic carbocycles. The van der Waals surface area contributed by atoms with Gasteiger partial charge in [0.05, 0.1) is 0 Å². The molecule has 0 atom stereocenters. The molecule has 7 nitrogen and oxygen atoms in total. The maximum absolute atomic E-state index is 12.7. The van der Waals surface area contributed by atoms with E-state index in [4.69, 9.17) is 0 Å². The summed E-state index contributed by atoms with van der Waals surface area (Å²) in [6.45, 7) is 3.57. The van der Waals surface area contributed by atoms with E-state index in [1.807, 2.05) is 0 Å². The molecule has 0 amide bonds. The molecule has 5 rings (SSSR count). The van der Waals surface area contributed by atoms with E-state index >= 15 is 0 Å². The summed E-state index contributed by atoms with van der Waals surface area (Å²) in [4.78, 5) is 10.0. The molecule has 0 unspecified atom stereocenters. The van der Waals surface area contributed by atoms with Crippen LogP contribution in [0.2, 0.25) is 0 Å². The van der Waals surface area contributed by atoms with Crippen molar-refractivity contribution in [3.63, 3.8) is 0 Å². The summed E-state index contributed by atoms with van der Waals surface area (Å²) in [7, 11) is 2.07. The van der Waals surface area contributed by atoms with Crippen LogP contribution in [0.25, 0.3) is 22.3 Å². The van der Waals surface area contributed by atoms with Gasteiger partial charge in [0.25, 0.3) is 0 Å². The van der Waals surface area contributed by atoms with Gasteiger partial charge in [-0.3, -0.25) is 0 Å². The van der Waals surface area contributed by atoms with E-state index in [0.717, 1.165) is 44.8 Å². The zero-order valence-corrected chi connectivity index (χ0v) is 18.7. The van der Waals surface area contributed by atoms with Crippen molar-refractivity contribution in [3.8, 4) is 11.4 Å². The molecule has 10 heteroatoms. The first-order chi connectivity index (χ1) is 16.4. The van der Waals surface area contributed by atoms with Gasteiger partial charge >= 0.3 is 12.1 Å². The summed E-state index contributed by atoms with van der Waals surface area (Å²) >= 11 is 0. The molecule has 0 saturated carbocycles. The monoisotopic (exact) mass is 470 g/mol. The largest absolute Gasteiger partial charge is 0.471 e. The second-order valence-electron chi connectivity index (χ2n) is 8.67. The van der Waals surface area contributed by atoms with Crippen LogP contribution in [0.15, 0.2) is 53.3 Å². The van der Waals surface area contributed by atoms with Crippen molar-refractivity contribution in [3.05, 3.63) is 60.2 Å². The number of nitrogens with one attached hydrogen (secondary N) is 1. The van der Waals surface area contributed by atoms with Gasteiger partial charge in [0.2, 0.25) is 5.82 Å². The van der Waals surface area contributed by atoms with Gasteiger partial charge in [-0.1, -0.05) is 23.4 Å². The Hall–Kier alpha value is -3.40. The number of piperidine rings is 1. The summed E-state index contributed by atoms with van der Waals surface area (Å²) in [6, 6.07) is 11.9. The van der Waals surface area contributed by atoms with Gasteiger partial charge in [-0.25, -0.2) is 4.98 Å². The van der Waals surface area contributed by atoms with Crippen LogP contribution in [0.3, 0.4) is 0 Å². The Bertz CT molecular complexity index is 1260. The average Bonchev–Trinajstić information content (AvgIpc) is 3.46. The van der Waals surface area contributed by atoms with Gasteiger partial charge < -0.3 is 19.3 Å². The number of pyridine rings is 1. The Morgan fingerprint density at radius 2 is 1.91 bits per heavy atom. The minimum absolute atomic E-state index is 0.123. The lowest BCUT2D eigenvalue weighted by molar-refractivity contribution is -0.159. The van der Waals surface area contributed by atoms with Crippen molar-refractivity contribution in [2.75, 3.05) is 24.5 Å². The number of hydrogen-bond donors (Lipinski definition) is 1. The Balaban J connectivity index is 1.12. The second-order valence-corrected chi connectivity index (χ2v) is 8.67. The highest BCUT2D eigenvalue weighted by molar-refractivity contribution is 5.83. The van der Waals surface area contributed by atoms with Gasteiger partial charge in [0.1, 0.15) is 5.82 Å². The highest BCUT2D eigenvalue weighted by Crippen LogP contribution is 2.30. The van der Waals surface area contributed by atoms with Crippen LogP contribution in [0.4, 0.5) is 19.0 Å². The number of nitrogens with zero attached hydrogens (tertiary/aromatic N) is 5. The van der Waals surface area contributed by atoms with E-state index in [2.05, 4.69) is 71.9 Å². The Morgan fingerprint density at radius 1 is 1.12 bits per heavy atom. The number of halogens is 3. The van der Waals surface area contributed by atoms with E-state index in [9.17, 15) is 13.2 Å². The van der Waals surface area contributed by atoms with E-state index in [1.165, 1.54) is 22.7 Å². The molecule has 3 aromatic heterocycles. The van der Waals surface area contributed by atoms with Crippen molar-refractivity contribution >= 4 is 16.7 Å². The minimum Gasteiger partial charge on any atom is -0.357 e. The quantitative estimate of drug-likeness (QED) is 0.442. The van der Waals surface area contributed by atoms with Crippen molar-refractivity contribution in [2.24, 2.45) is 13.0 Å². The van der Waals surface area contributed by atoms with E-state index in [-0.39, 0.29) is 5.82 Å². The van der Waals surface area contributed by atoms with E-state index in [0.29, 0.717) is 11.5 Å². The number of alkyl halides is 3. The third-order valence-electron chi connectivity index (χ3n) is 6.34. The first kappa shape index (κ1) is 22.4. The van der Waals surface area contributed by atoms with Crippen molar-refractivity contribution in [1.82, 2.24) is 25.0 Å². The molecular formula is C24H25F3N6O. The Morgan fingerprint density at radius 3 is 2.62 bits per heavy atom. The fraction of sp³-hybridized carbons (Fsp3) is 0.375. The maximum atomic E-state index is 12.7. The fourth-order valence-corrected chi connectivity index (χ4v) is 4.50. The molecular weight excluding hydrogens is 445 g/mol. The van der Waals surface area contributed by atoms with Gasteiger partial charge in [-0.05, 0) is 49.1 Å². The van der Waals surface area contributed by atoms with Crippen LogP contribution in [0.5, 0.6) is 0 Å². The van der Waals surface area contributed by atoms with Crippen molar-refractivity contribution < 1.29 is 17.7 Å². The van der Waals surface area contributed by atoms with Gasteiger partial charge in [0.15, 0.2) is 0 Å². The number of rotatable bonds is 6. The smallest absolute Gasteiger partial charge is 0.357 e. The zero-order valence-electron chi connectivity index (χ0n) is 18.7. The van der Waals surface area contributed by atoms with Crippen LogP contribution in [-0.2, 0) is 19.8 Å². The summed E-state index contributed by atoms with van der Waals surface area (Å²) < 4.78 is 44.4. The van der Waals surface area contributed by atoms with Crippen molar-refractivity contribution in [2.45, 2.75) is 25.6 Å². The molecule has 0 radical (unpaired) electrons. The molecule has 0 bridgehead atoms. The molecule has 4 aromatic rings. The predicted molar refractivity (Wildman–Crippen MR) is 122 cm³/mol. The van der Waals surface area contributed by atoms with E-state index in [1.54, 1.807) is 12.1 Å². The topological polar surface area (TPSA) is 72.0 Å². The minimum atomic E-state index is -4.66. The highest BCUT2D eigenvalue weighted by Gasteiger charge is 2.38. The maximum Gasteiger partial charge on any atom is 0.471 e. The SMILES string of the molecule is Cn1cc(CNCC2CCN(c3ccc(-c4noc(C(F)(F)F)n4)cn3)CC2)c2ccccc21. The second kappa shape index (κ2) is 9.09. The fourth-order valence-electron chi connectivity index (χ4n) is 4.50. The number of aromatic nitrogens is 4. The number of para-hydroxylation sites is 1. The van der Waals surface area contributed by atoms with Gasteiger partial charge in [0, 0.05) is 55.5 Å². The third-order valence-corrected chi connectivity index (χ3v) is 6.34. The standard InChI is InChI=1S/C24H25F3N6O/c1-32-15-18(19-4-2-3-5-20(19)32)13-28-12-16-8-10-33(11-9-16)21-7-6-17(14-29-21)22-30-23(34-31-22)24(25,26)27/h2-7,14-16,28H,8-13H2,1H3. The first-order valence-electron chi connectivity index (χ1n) is 11.2. The average molecular weight is 470 g/mol. The van der Waals surface area contributed by atoms with Gasteiger partial charge in [-0.15, -0.1) is 0 Å². The van der Waals surface area contributed by atoms with Crippen LogP contribution >= 0.6 is 0 Å². The van der Waals surface area contributed by atoms with E-state index < -0.39 is 12.1 Å².